The first kappa shape index (κ1) is 77.5. The van der Waals surface area contributed by atoms with Crippen LogP contribution < -0.4 is 0 Å². The van der Waals surface area contributed by atoms with Gasteiger partial charge in [0.1, 0.15) is 13.2 Å². The van der Waals surface area contributed by atoms with Crippen molar-refractivity contribution in [2.75, 3.05) is 13.2 Å². The van der Waals surface area contributed by atoms with Crippen LogP contribution in [0.2, 0.25) is 0 Å². The maximum atomic E-state index is 12.9. The summed E-state index contributed by atoms with van der Waals surface area (Å²) in [4.78, 5) is 38.4. The summed E-state index contributed by atoms with van der Waals surface area (Å²) in [5.41, 5.74) is 0. The molecule has 0 saturated carbocycles. The van der Waals surface area contributed by atoms with Crippen molar-refractivity contribution in [2.45, 2.75) is 316 Å². The van der Waals surface area contributed by atoms with Crippen molar-refractivity contribution in [3.63, 3.8) is 0 Å². The van der Waals surface area contributed by atoms with Crippen LogP contribution in [-0.4, -0.2) is 37.2 Å². The van der Waals surface area contributed by atoms with Gasteiger partial charge in [-0.2, -0.15) is 0 Å². The van der Waals surface area contributed by atoms with E-state index in [-0.39, 0.29) is 31.6 Å². The van der Waals surface area contributed by atoms with E-state index in [0.717, 1.165) is 103 Å². The van der Waals surface area contributed by atoms with Gasteiger partial charge < -0.3 is 14.2 Å². The molecule has 0 amide bonds. The highest BCUT2D eigenvalue weighted by atomic mass is 16.6. The SMILES string of the molecule is CC/C=C\C/C=C\C/C=C\C/C=C\C/C=C\C/C=C\CCC(=O)OC(COC(=O)CCCCCCCCC/C=C\CCCCCCCCC)COC(=O)CCCCCCCCCCCCCCCC/C=C\C/C=C\C/C=C\C/C=C\CC. The summed E-state index contributed by atoms with van der Waals surface area (Å²) in [6, 6.07) is 0. The highest BCUT2D eigenvalue weighted by molar-refractivity contribution is 5.71. The minimum Gasteiger partial charge on any atom is -0.462 e. The first-order valence-corrected chi connectivity index (χ1v) is 34.2. The molecule has 0 aromatic carbocycles. The number of carbonyl (C=O) groups excluding carboxylic acids is 3. The van der Waals surface area contributed by atoms with E-state index >= 15 is 0 Å². The van der Waals surface area contributed by atoms with E-state index in [2.05, 4.69) is 148 Å². The third kappa shape index (κ3) is 66.4. The van der Waals surface area contributed by atoms with Crippen molar-refractivity contribution in [3.05, 3.63) is 134 Å². The number of hydrogen-bond acceptors (Lipinski definition) is 6. The van der Waals surface area contributed by atoms with E-state index in [9.17, 15) is 14.4 Å². The van der Waals surface area contributed by atoms with Crippen LogP contribution in [-0.2, 0) is 28.6 Å². The second kappa shape index (κ2) is 69.0. The molecule has 0 fully saturated rings. The molecule has 82 heavy (non-hydrogen) atoms. The molecule has 6 nitrogen and oxygen atoms in total. The number of ether oxygens (including phenoxy) is 3. The van der Waals surface area contributed by atoms with E-state index in [0.29, 0.717) is 19.3 Å². The van der Waals surface area contributed by atoms with Crippen molar-refractivity contribution >= 4 is 17.9 Å². The summed E-state index contributed by atoms with van der Waals surface area (Å²) >= 11 is 0. The molecule has 0 aromatic rings. The number of hydrogen-bond donors (Lipinski definition) is 0. The molecule has 466 valence electrons. The lowest BCUT2D eigenvalue weighted by atomic mass is 10.0. The van der Waals surface area contributed by atoms with E-state index < -0.39 is 12.1 Å². The third-order valence-electron chi connectivity index (χ3n) is 14.4. The minimum atomic E-state index is -0.826. The first-order chi connectivity index (χ1) is 40.5. The molecule has 0 radical (unpaired) electrons. The summed E-state index contributed by atoms with van der Waals surface area (Å²) in [7, 11) is 0. The zero-order valence-electron chi connectivity index (χ0n) is 53.5. The Morgan fingerprint density at radius 3 is 0.805 bits per heavy atom. The van der Waals surface area contributed by atoms with Gasteiger partial charge in [0, 0.05) is 19.3 Å². The van der Waals surface area contributed by atoms with Gasteiger partial charge in [0.2, 0.25) is 0 Å². The summed E-state index contributed by atoms with van der Waals surface area (Å²) in [5, 5.41) is 0. The summed E-state index contributed by atoms with van der Waals surface area (Å²) in [6.07, 6.45) is 97.7. The Kier molecular flexibility index (Phi) is 65.3. The van der Waals surface area contributed by atoms with E-state index in [1.807, 2.05) is 6.08 Å². The van der Waals surface area contributed by atoms with Gasteiger partial charge in [-0.1, -0.05) is 302 Å². The predicted molar refractivity (Wildman–Crippen MR) is 357 cm³/mol. The van der Waals surface area contributed by atoms with Gasteiger partial charge in [0.25, 0.3) is 0 Å². The molecule has 0 rings (SSSR count). The van der Waals surface area contributed by atoms with Gasteiger partial charge in [-0.3, -0.25) is 14.4 Å². The second-order valence-corrected chi connectivity index (χ2v) is 22.3. The zero-order valence-corrected chi connectivity index (χ0v) is 53.5. The van der Waals surface area contributed by atoms with Gasteiger partial charge in [-0.15, -0.1) is 0 Å². The van der Waals surface area contributed by atoms with Gasteiger partial charge in [-0.25, -0.2) is 0 Å². The Morgan fingerprint density at radius 2 is 0.500 bits per heavy atom. The van der Waals surface area contributed by atoms with Gasteiger partial charge >= 0.3 is 17.9 Å². The number of esters is 3. The van der Waals surface area contributed by atoms with Crippen LogP contribution in [0.15, 0.2) is 134 Å². The van der Waals surface area contributed by atoms with E-state index in [1.54, 1.807) is 0 Å². The normalized spacial score (nSPS) is 13.0. The number of allylic oxidation sites excluding steroid dienone is 22. The Labute approximate surface area is 506 Å². The summed E-state index contributed by atoms with van der Waals surface area (Å²) in [6.45, 7) is 6.37. The Bertz CT molecular complexity index is 1730. The van der Waals surface area contributed by atoms with Gasteiger partial charge in [-0.05, 0) is 122 Å². The van der Waals surface area contributed by atoms with Crippen LogP contribution in [0.1, 0.15) is 310 Å². The molecule has 0 bridgehead atoms. The molecule has 0 aliphatic carbocycles. The lowest BCUT2D eigenvalue weighted by molar-refractivity contribution is -0.166. The fourth-order valence-corrected chi connectivity index (χ4v) is 9.34. The molecule has 0 heterocycles. The van der Waals surface area contributed by atoms with Crippen LogP contribution >= 0.6 is 0 Å². The van der Waals surface area contributed by atoms with Crippen LogP contribution in [0, 0.1) is 0 Å². The number of carbonyl (C=O) groups is 3. The smallest absolute Gasteiger partial charge is 0.306 e. The monoisotopic (exact) mass is 1130 g/mol. The molecular formula is C76H126O6. The average molecular weight is 1140 g/mol. The van der Waals surface area contributed by atoms with Crippen molar-refractivity contribution in [2.24, 2.45) is 0 Å². The largest absolute Gasteiger partial charge is 0.462 e. The topological polar surface area (TPSA) is 78.9 Å². The van der Waals surface area contributed by atoms with E-state index in [1.165, 1.54) is 161 Å². The lowest BCUT2D eigenvalue weighted by Gasteiger charge is -2.18. The molecule has 0 aliphatic heterocycles. The van der Waals surface area contributed by atoms with Gasteiger partial charge in [0.05, 0.1) is 0 Å². The third-order valence-corrected chi connectivity index (χ3v) is 14.4. The first-order valence-electron chi connectivity index (χ1n) is 34.2. The molecule has 0 aromatic heterocycles. The maximum Gasteiger partial charge on any atom is 0.306 e. The Morgan fingerprint density at radius 1 is 0.256 bits per heavy atom. The Hall–Kier alpha value is -4.45. The quantitative estimate of drug-likeness (QED) is 0.0261. The highest BCUT2D eigenvalue weighted by Crippen LogP contribution is 2.16. The molecule has 0 spiro atoms. The van der Waals surface area contributed by atoms with Crippen molar-refractivity contribution in [3.8, 4) is 0 Å². The molecule has 6 heteroatoms. The molecule has 0 N–H and O–H groups in total. The maximum absolute atomic E-state index is 12.9. The fraction of sp³-hybridized carbons (Fsp3) is 0.671. The van der Waals surface area contributed by atoms with Crippen molar-refractivity contribution in [1.82, 2.24) is 0 Å². The van der Waals surface area contributed by atoms with Crippen LogP contribution in [0.3, 0.4) is 0 Å². The van der Waals surface area contributed by atoms with Crippen molar-refractivity contribution in [1.29, 1.82) is 0 Å². The van der Waals surface area contributed by atoms with Crippen LogP contribution in [0.25, 0.3) is 0 Å². The molecule has 0 aliphatic rings. The van der Waals surface area contributed by atoms with Crippen LogP contribution in [0.4, 0.5) is 0 Å². The van der Waals surface area contributed by atoms with Crippen molar-refractivity contribution < 1.29 is 28.6 Å². The van der Waals surface area contributed by atoms with Crippen LogP contribution in [0.5, 0.6) is 0 Å². The minimum absolute atomic E-state index is 0.112. The molecule has 1 unspecified atom stereocenters. The standard InChI is InChI=1S/C76H126O6/c1-4-7-10-13-16-19-22-25-28-31-34-35-36-37-38-39-40-41-43-45-48-51-54-57-60-63-66-69-75(78)81-72-73(71-80-74(77)68-65-62-59-56-53-50-47-44-33-30-27-24-21-18-15-12-9-6-3)82-76(79)70-67-64-61-58-55-52-49-46-42-32-29-26-23-20-17-14-11-8-5-2/h7-8,10-11,16-17,19-20,25-26,28-30,33-35,42,46,52,55,61,64,73H,4-6,9,12-15,18,21-24,27,31-32,36-41,43-45,47-51,53-54,56-60,62-63,65-72H2,1-3H3/b10-7-,11-8-,19-16-,20-17-,28-25-,29-26-,33-30-,35-34-,46-42-,55-52-,64-61-. The zero-order chi connectivity index (χ0) is 59.2. The Balaban J connectivity index is 4.42. The predicted octanol–water partition coefficient (Wildman–Crippen LogP) is 23.7. The summed E-state index contributed by atoms with van der Waals surface area (Å²) in [5.74, 6) is -0.994. The second-order valence-electron chi connectivity index (χ2n) is 22.3. The lowest BCUT2D eigenvalue weighted by Crippen LogP contribution is -2.30. The molecule has 0 saturated heterocycles. The molecular weight excluding hydrogens is 1010 g/mol. The highest BCUT2D eigenvalue weighted by Gasteiger charge is 2.19. The summed E-state index contributed by atoms with van der Waals surface area (Å²) < 4.78 is 16.9. The van der Waals surface area contributed by atoms with Gasteiger partial charge in [0.15, 0.2) is 6.10 Å². The number of unbranched alkanes of at least 4 members (excludes halogenated alkanes) is 28. The number of rotatable bonds is 61. The average Bonchev–Trinajstić information content (AvgIpc) is 3.47. The molecule has 1 atom stereocenters. The fourth-order valence-electron chi connectivity index (χ4n) is 9.34. The van der Waals surface area contributed by atoms with E-state index in [4.69, 9.17) is 14.2 Å².